The number of methoxy groups -OCH3 is 2. The Bertz CT molecular complexity index is 2010. The average Bonchev–Trinajstić information content (AvgIpc) is 3.23. The van der Waals surface area contributed by atoms with Crippen LogP contribution in [0.15, 0.2) is 157 Å². The second-order valence-electron chi connectivity index (χ2n) is 12.0. The van der Waals surface area contributed by atoms with Crippen molar-refractivity contribution in [3.05, 3.63) is 180 Å². The highest BCUT2D eigenvalue weighted by atomic mass is 33.1. The first kappa shape index (κ1) is 39.8. The van der Waals surface area contributed by atoms with Crippen molar-refractivity contribution in [2.75, 3.05) is 32.3 Å². The minimum atomic E-state index is 0.487. The van der Waals surface area contributed by atoms with E-state index in [0.29, 0.717) is 24.7 Å². The summed E-state index contributed by atoms with van der Waals surface area (Å²) in [5.41, 5.74) is 6.39. The van der Waals surface area contributed by atoms with Gasteiger partial charge in [0.25, 0.3) is 0 Å². The highest BCUT2D eigenvalue weighted by Gasteiger charge is 2.07. The number of aromatic nitrogens is 1. The molecule has 0 aliphatic carbocycles. The van der Waals surface area contributed by atoms with Crippen molar-refractivity contribution in [3.63, 3.8) is 0 Å². The number of ether oxygens (including phenoxy) is 4. The molecule has 6 nitrogen and oxygen atoms in total. The first-order chi connectivity index (χ1) is 26.6. The molecule has 54 heavy (non-hydrogen) atoms. The van der Waals surface area contributed by atoms with Gasteiger partial charge in [-0.1, -0.05) is 131 Å². The smallest absolute Gasteiger partial charge is 0.169 e. The van der Waals surface area contributed by atoms with Gasteiger partial charge in [0.2, 0.25) is 0 Å². The first-order valence-corrected chi connectivity index (χ1v) is 20.2. The first-order valence-electron chi connectivity index (χ1n) is 17.8. The van der Waals surface area contributed by atoms with Gasteiger partial charge in [-0.05, 0) is 63.7 Å². The molecule has 5 rings (SSSR count). The molecule has 0 unspecified atom stereocenters. The van der Waals surface area contributed by atoms with Crippen LogP contribution < -0.4 is 23.5 Å². The number of aliphatic imine (C=N–C) groups is 1. The van der Waals surface area contributed by atoms with E-state index in [1.807, 2.05) is 149 Å². The number of allylic oxidation sites excluding steroid dienone is 4. The minimum absolute atomic E-state index is 0.487. The summed E-state index contributed by atoms with van der Waals surface area (Å²) in [6, 6.07) is 36.4. The van der Waals surface area contributed by atoms with Gasteiger partial charge in [-0.15, -0.1) is 0 Å². The molecule has 0 saturated heterocycles. The topological polar surface area (TPSA) is 53.2 Å². The fraction of sp³-hybridized carbons (Fsp3) is 0.174. The summed E-state index contributed by atoms with van der Waals surface area (Å²) in [4.78, 5) is 4.56. The van der Waals surface area contributed by atoms with Crippen LogP contribution in [0, 0.1) is 0 Å². The van der Waals surface area contributed by atoms with E-state index in [1.165, 1.54) is 0 Å². The van der Waals surface area contributed by atoms with Crippen molar-refractivity contribution in [2.45, 2.75) is 19.8 Å². The lowest BCUT2D eigenvalue weighted by Gasteiger charge is -2.11. The molecule has 4 aromatic carbocycles. The largest absolute Gasteiger partial charge is 0.493 e. The van der Waals surface area contributed by atoms with Gasteiger partial charge in [0.1, 0.15) is 13.2 Å². The zero-order valence-corrected chi connectivity index (χ0v) is 32.5. The summed E-state index contributed by atoms with van der Waals surface area (Å²) in [5, 5.41) is 0. The number of nitrogens with zero attached hydrogens (tertiary/aromatic N) is 2. The van der Waals surface area contributed by atoms with Crippen LogP contribution in [-0.2, 0) is 19.8 Å². The summed E-state index contributed by atoms with van der Waals surface area (Å²) in [6.45, 7) is 6.64. The Morgan fingerprint density at radius 1 is 0.648 bits per heavy atom. The highest BCUT2D eigenvalue weighted by Crippen LogP contribution is 2.31. The number of aryl methyl sites for hydroxylation is 1. The Morgan fingerprint density at radius 3 is 1.78 bits per heavy atom. The molecule has 1 aromatic heterocycles. The van der Waals surface area contributed by atoms with E-state index in [4.69, 9.17) is 18.9 Å². The van der Waals surface area contributed by atoms with E-state index in [-0.39, 0.29) is 0 Å². The number of hydrogen-bond donors (Lipinski definition) is 0. The second kappa shape index (κ2) is 22.6. The van der Waals surface area contributed by atoms with Crippen molar-refractivity contribution in [3.8, 4) is 23.0 Å². The van der Waals surface area contributed by atoms with E-state index in [9.17, 15) is 0 Å². The summed E-state index contributed by atoms with van der Waals surface area (Å²) in [6.07, 6.45) is 18.1. The van der Waals surface area contributed by atoms with Gasteiger partial charge in [0, 0.05) is 30.6 Å². The fourth-order valence-corrected chi connectivity index (χ4v) is 7.01. The second-order valence-corrected chi connectivity index (χ2v) is 14.7. The molecular formula is C46H47N2O4S2+. The molecule has 8 heteroatoms. The number of benzene rings is 4. The lowest BCUT2D eigenvalue weighted by atomic mass is 10.1. The van der Waals surface area contributed by atoms with Crippen LogP contribution in [0.1, 0.15) is 27.8 Å². The Balaban J connectivity index is 0.977. The number of hydrogen-bond acceptors (Lipinski definition) is 7. The van der Waals surface area contributed by atoms with Gasteiger partial charge in [-0.3, -0.25) is 4.99 Å². The van der Waals surface area contributed by atoms with Gasteiger partial charge >= 0.3 is 0 Å². The molecule has 0 aliphatic rings. The zero-order valence-electron chi connectivity index (χ0n) is 30.9. The van der Waals surface area contributed by atoms with E-state index in [1.54, 1.807) is 14.2 Å². The Labute approximate surface area is 328 Å². The van der Waals surface area contributed by atoms with Crippen molar-refractivity contribution in [1.82, 2.24) is 0 Å². The lowest BCUT2D eigenvalue weighted by molar-refractivity contribution is -0.692. The van der Waals surface area contributed by atoms with Crippen LogP contribution >= 0.6 is 21.6 Å². The average molecular weight is 756 g/mol. The van der Waals surface area contributed by atoms with E-state index in [2.05, 4.69) is 52.8 Å². The van der Waals surface area contributed by atoms with Gasteiger partial charge in [0.05, 0.1) is 20.0 Å². The molecule has 0 spiro atoms. The lowest BCUT2D eigenvalue weighted by Crippen LogP contribution is -2.33. The third-order valence-electron chi connectivity index (χ3n) is 8.13. The molecule has 5 aromatic rings. The fourth-order valence-electron chi connectivity index (χ4n) is 5.15. The normalized spacial score (nSPS) is 11.7. The Kier molecular flexibility index (Phi) is 16.6. The summed E-state index contributed by atoms with van der Waals surface area (Å²) in [5.74, 6) is 4.82. The molecule has 0 bridgehead atoms. The van der Waals surface area contributed by atoms with Gasteiger partial charge in [0.15, 0.2) is 41.9 Å². The summed E-state index contributed by atoms with van der Waals surface area (Å²) < 4.78 is 25.4. The molecule has 276 valence electrons. The third kappa shape index (κ3) is 13.5. The molecule has 0 N–H and O–H groups in total. The van der Waals surface area contributed by atoms with Crippen LogP contribution in [0.2, 0.25) is 0 Å². The maximum Gasteiger partial charge on any atom is 0.169 e. The molecule has 0 amide bonds. The third-order valence-corrected chi connectivity index (χ3v) is 10.5. The SMILES string of the molecule is C=CC(/C=C/c1ccc(OCc2ccccc2)c(OC)c1)=C\C=N\CCSSCC[n+]1ccc(/C=C/c2ccc(OCc3ccccc3)c(OC)c2)cc1. The quantitative estimate of drug-likeness (QED) is 0.0244. The van der Waals surface area contributed by atoms with Crippen LogP contribution in [0.4, 0.5) is 0 Å². The van der Waals surface area contributed by atoms with Crippen molar-refractivity contribution < 1.29 is 23.5 Å². The maximum atomic E-state index is 5.99. The Morgan fingerprint density at radius 2 is 1.20 bits per heavy atom. The van der Waals surface area contributed by atoms with Crippen molar-refractivity contribution >= 4 is 46.0 Å². The van der Waals surface area contributed by atoms with Gasteiger partial charge < -0.3 is 18.9 Å². The summed E-state index contributed by atoms with van der Waals surface area (Å²) >= 11 is 0. The molecule has 0 saturated carbocycles. The molecule has 0 aliphatic heterocycles. The van der Waals surface area contributed by atoms with Crippen molar-refractivity contribution in [1.29, 1.82) is 0 Å². The molecular weight excluding hydrogens is 709 g/mol. The van der Waals surface area contributed by atoms with Crippen molar-refractivity contribution in [2.24, 2.45) is 4.99 Å². The summed E-state index contributed by atoms with van der Waals surface area (Å²) in [7, 11) is 7.04. The van der Waals surface area contributed by atoms with E-state index in [0.717, 1.165) is 69.5 Å². The maximum absolute atomic E-state index is 5.99. The van der Waals surface area contributed by atoms with Gasteiger partial charge in [-0.25, -0.2) is 4.57 Å². The van der Waals surface area contributed by atoms with Crippen LogP contribution in [-0.4, -0.2) is 38.5 Å². The van der Waals surface area contributed by atoms with Crippen LogP contribution in [0.5, 0.6) is 23.0 Å². The van der Waals surface area contributed by atoms with Gasteiger partial charge in [-0.2, -0.15) is 0 Å². The monoisotopic (exact) mass is 755 g/mol. The standard InChI is InChI=1S/C46H47N2O4S2/c1-4-37(15-17-39-19-21-43(45(33-39)49-2)51-35-41-11-7-5-8-12-41)23-26-47-27-31-53-54-32-30-48-28-24-38(25-29-48)16-18-40-20-22-44(46(34-40)50-3)52-36-42-13-9-6-10-14-42/h4-26,28-29,33-34H,1,27,30-32,35-36H2,2-3H3/q+1/b17-15+,18-16+,37-23+,47-26+. The zero-order chi connectivity index (χ0) is 37.6. The highest BCUT2D eigenvalue weighted by molar-refractivity contribution is 8.76. The number of pyridine rings is 1. The van der Waals surface area contributed by atoms with Crippen LogP contribution in [0.3, 0.4) is 0 Å². The van der Waals surface area contributed by atoms with E-state index < -0.39 is 0 Å². The molecule has 0 atom stereocenters. The minimum Gasteiger partial charge on any atom is -0.493 e. The molecule has 1 heterocycles. The van der Waals surface area contributed by atoms with E-state index >= 15 is 0 Å². The Hall–Kier alpha value is -5.44. The van der Waals surface area contributed by atoms with Crippen LogP contribution in [0.25, 0.3) is 18.2 Å². The predicted octanol–water partition coefficient (Wildman–Crippen LogP) is 10.6. The number of rotatable bonds is 21. The predicted molar refractivity (Wildman–Crippen MR) is 229 cm³/mol. The molecule has 0 radical (unpaired) electrons. The molecule has 0 fully saturated rings.